The predicted molar refractivity (Wildman–Crippen MR) is 59.5 cm³/mol. The first-order chi connectivity index (χ1) is 8.20. The first kappa shape index (κ1) is 11.4. The molecule has 0 amide bonds. The molecule has 17 heavy (non-hydrogen) atoms. The van der Waals surface area contributed by atoms with E-state index in [2.05, 4.69) is 14.7 Å². The number of carbonyl (C=O) groups is 2. The molecule has 0 N–H and O–H groups in total. The van der Waals surface area contributed by atoms with Crippen LogP contribution in [0.2, 0.25) is 0 Å². The van der Waals surface area contributed by atoms with Crippen LogP contribution in [0, 0.1) is 0 Å². The second-order valence-electron chi connectivity index (χ2n) is 3.79. The fourth-order valence-electron chi connectivity index (χ4n) is 1.69. The Labute approximate surface area is 98.5 Å². The minimum atomic E-state index is -0.501. The normalized spacial score (nSPS) is 19.1. The number of nitrogens with zero attached hydrogens (tertiary/aromatic N) is 2. The predicted octanol–water partition coefficient (Wildman–Crippen LogP) is 1.27. The number of ether oxygens (including phenoxy) is 1. The molecule has 1 aromatic heterocycles. The number of carbonyl (C=O) groups excluding carboxylic acids is 2. The number of hydrogen-bond donors (Lipinski definition) is 0. The van der Waals surface area contributed by atoms with Gasteiger partial charge in [0.2, 0.25) is 0 Å². The zero-order valence-corrected chi connectivity index (χ0v) is 9.42. The zero-order chi connectivity index (χ0) is 12.3. The van der Waals surface area contributed by atoms with E-state index in [0.29, 0.717) is 6.42 Å². The lowest BCUT2D eigenvalue weighted by molar-refractivity contribution is -0.115. The Morgan fingerprint density at radius 1 is 1.41 bits per heavy atom. The Balaban J connectivity index is 2.15. The van der Waals surface area contributed by atoms with Crippen LogP contribution in [0.4, 0.5) is 0 Å². The third-order valence-corrected chi connectivity index (χ3v) is 2.66. The molecule has 0 bridgehead atoms. The fourth-order valence-corrected chi connectivity index (χ4v) is 1.69. The van der Waals surface area contributed by atoms with Crippen molar-refractivity contribution < 1.29 is 14.3 Å². The summed E-state index contributed by atoms with van der Waals surface area (Å²) in [6.45, 7) is 0. The van der Waals surface area contributed by atoms with Crippen molar-refractivity contribution in [1.29, 1.82) is 0 Å². The molecule has 5 nitrogen and oxygen atoms in total. The van der Waals surface area contributed by atoms with Gasteiger partial charge in [-0.15, -0.1) is 0 Å². The lowest BCUT2D eigenvalue weighted by Gasteiger charge is -2.14. The summed E-state index contributed by atoms with van der Waals surface area (Å²) in [5.74, 6) is -0.259. The molecule has 0 fully saturated rings. The second-order valence-corrected chi connectivity index (χ2v) is 3.79. The van der Waals surface area contributed by atoms with E-state index in [1.807, 2.05) is 6.08 Å². The average Bonchev–Trinajstić information content (AvgIpc) is 2.39. The third kappa shape index (κ3) is 2.55. The number of rotatable bonds is 2. The van der Waals surface area contributed by atoms with Gasteiger partial charge in [-0.25, -0.2) is 9.78 Å². The lowest BCUT2D eigenvalue weighted by Crippen LogP contribution is -2.10. The maximum absolute atomic E-state index is 11.2. The number of allylic oxidation sites excluding steroid dienone is 2. The summed E-state index contributed by atoms with van der Waals surface area (Å²) < 4.78 is 4.54. The van der Waals surface area contributed by atoms with Gasteiger partial charge in [-0.05, 0) is 12.5 Å². The Kier molecular flexibility index (Phi) is 3.27. The van der Waals surface area contributed by atoms with E-state index in [1.165, 1.54) is 13.3 Å². The van der Waals surface area contributed by atoms with Gasteiger partial charge in [0.05, 0.1) is 19.0 Å². The Morgan fingerprint density at radius 2 is 2.24 bits per heavy atom. The van der Waals surface area contributed by atoms with Gasteiger partial charge in [0.25, 0.3) is 0 Å². The minimum absolute atomic E-state index is 0.104. The number of aromatic nitrogens is 2. The van der Waals surface area contributed by atoms with E-state index in [1.54, 1.807) is 12.3 Å². The molecule has 1 aliphatic carbocycles. The smallest absolute Gasteiger partial charge is 0.358 e. The van der Waals surface area contributed by atoms with Gasteiger partial charge in [0.1, 0.15) is 0 Å². The molecular weight excluding hydrogens is 220 g/mol. The monoisotopic (exact) mass is 232 g/mol. The van der Waals surface area contributed by atoms with E-state index in [9.17, 15) is 9.59 Å². The highest BCUT2D eigenvalue weighted by Crippen LogP contribution is 2.24. The Bertz CT molecular complexity index is 465. The van der Waals surface area contributed by atoms with E-state index >= 15 is 0 Å². The summed E-state index contributed by atoms with van der Waals surface area (Å²) in [7, 11) is 1.30. The zero-order valence-electron chi connectivity index (χ0n) is 9.42. The molecule has 88 valence electrons. The van der Waals surface area contributed by atoms with Crippen molar-refractivity contribution in [2.45, 2.75) is 18.8 Å². The standard InChI is InChI=1S/C12H12N2O3/c1-17-12(16)11-7-13-10(6-14-11)8-2-4-9(15)5-3-8/h2,4,6-8H,3,5H2,1H3. The van der Waals surface area contributed by atoms with Crippen molar-refractivity contribution in [3.05, 3.63) is 35.9 Å². The quantitative estimate of drug-likeness (QED) is 0.718. The van der Waals surface area contributed by atoms with Crippen LogP contribution in [0.1, 0.15) is 34.9 Å². The average molecular weight is 232 g/mol. The van der Waals surface area contributed by atoms with Crippen molar-refractivity contribution in [2.24, 2.45) is 0 Å². The number of ketones is 1. The van der Waals surface area contributed by atoms with Crippen LogP contribution in [-0.4, -0.2) is 28.8 Å². The first-order valence-electron chi connectivity index (χ1n) is 5.32. The van der Waals surface area contributed by atoms with Crippen LogP contribution in [0.5, 0.6) is 0 Å². The second kappa shape index (κ2) is 4.86. The maximum Gasteiger partial charge on any atom is 0.358 e. The molecule has 5 heteroatoms. The van der Waals surface area contributed by atoms with Gasteiger partial charge < -0.3 is 4.74 Å². The highest BCUT2D eigenvalue weighted by molar-refractivity contribution is 5.90. The lowest BCUT2D eigenvalue weighted by atomic mass is 9.93. The molecule has 0 radical (unpaired) electrons. The van der Waals surface area contributed by atoms with Crippen LogP contribution in [0.15, 0.2) is 24.5 Å². The molecule has 1 aliphatic rings. The van der Waals surface area contributed by atoms with Gasteiger partial charge in [-0.2, -0.15) is 0 Å². The van der Waals surface area contributed by atoms with Gasteiger partial charge in [-0.3, -0.25) is 9.78 Å². The third-order valence-electron chi connectivity index (χ3n) is 2.66. The van der Waals surface area contributed by atoms with Gasteiger partial charge in [-0.1, -0.05) is 6.08 Å². The van der Waals surface area contributed by atoms with Crippen LogP contribution < -0.4 is 0 Å². The fraction of sp³-hybridized carbons (Fsp3) is 0.333. The van der Waals surface area contributed by atoms with Crippen molar-refractivity contribution in [3.8, 4) is 0 Å². The minimum Gasteiger partial charge on any atom is -0.464 e. The Morgan fingerprint density at radius 3 is 2.76 bits per heavy atom. The van der Waals surface area contributed by atoms with Crippen LogP contribution >= 0.6 is 0 Å². The first-order valence-corrected chi connectivity index (χ1v) is 5.32. The van der Waals surface area contributed by atoms with Gasteiger partial charge >= 0.3 is 5.97 Å². The molecule has 1 heterocycles. The summed E-state index contributed by atoms with van der Waals surface area (Å²) in [6.07, 6.45) is 7.61. The molecule has 0 saturated heterocycles. The van der Waals surface area contributed by atoms with Crippen LogP contribution in [0.25, 0.3) is 0 Å². The van der Waals surface area contributed by atoms with E-state index in [4.69, 9.17) is 0 Å². The summed E-state index contributed by atoms with van der Waals surface area (Å²) in [4.78, 5) is 30.4. The molecule has 1 atom stereocenters. The van der Waals surface area contributed by atoms with Gasteiger partial charge in [0, 0.05) is 18.5 Å². The molecular formula is C12H12N2O3. The molecule has 0 saturated carbocycles. The molecule has 0 aromatic carbocycles. The molecule has 2 rings (SSSR count). The number of hydrogen-bond acceptors (Lipinski definition) is 5. The van der Waals surface area contributed by atoms with Crippen molar-refractivity contribution >= 4 is 11.8 Å². The molecule has 0 spiro atoms. The number of methoxy groups -OCH3 is 1. The SMILES string of the molecule is COC(=O)c1cnc(C2C=CC(=O)CC2)cn1. The summed E-state index contributed by atoms with van der Waals surface area (Å²) >= 11 is 0. The van der Waals surface area contributed by atoms with Gasteiger partial charge in [0.15, 0.2) is 11.5 Å². The molecule has 1 unspecified atom stereocenters. The van der Waals surface area contributed by atoms with Crippen molar-refractivity contribution in [1.82, 2.24) is 9.97 Å². The van der Waals surface area contributed by atoms with Crippen LogP contribution in [-0.2, 0) is 9.53 Å². The highest BCUT2D eigenvalue weighted by atomic mass is 16.5. The van der Waals surface area contributed by atoms with Crippen molar-refractivity contribution in [3.63, 3.8) is 0 Å². The van der Waals surface area contributed by atoms with E-state index in [0.717, 1.165) is 12.1 Å². The molecule has 0 aliphatic heterocycles. The summed E-state index contributed by atoms with van der Waals surface area (Å²) in [5.41, 5.74) is 0.952. The summed E-state index contributed by atoms with van der Waals surface area (Å²) in [5, 5.41) is 0. The number of esters is 1. The van der Waals surface area contributed by atoms with E-state index < -0.39 is 5.97 Å². The van der Waals surface area contributed by atoms with E-state index in [-0.39, 0.29) is 17.4 Å². The topological polar surface area (TPSA) is 69.2 Å². The highest BCUT2D eigenvalue weighted by Gasteiger charge is 2.17. The molecule has 1 aromatic rings. The Hall–Kier alpha value is -2.04. The largest absolute Gasteiger partial charge is 0.464 e. The maximum atomic E-state index is 11.2. The van der Waals surface area contributed by atoms with Crippen molar-refractivity contribution in [2.75, 3.05) is 7.11 Å². The van der Waals surface area contributed by atoms with Crippen LogP contribution in [0.3, 0.4) is 0 Å². The summed E-state index contributed by atoms with van der Waals surface area (Å²) in [6, 6.07) is 0.